The van der Waals surface area contributed by atoms with Crippen LogP contribution < -0.4 is 0 Å². The van der Waals surface area contributed by atoms with Gasteiger partial charge in [0, 0.05) is 6.54 Å². The van der Waals surface area contributed by atoms with Crippen molar-refractivity contribution in [2.45, 2.75) is 58.0 Å². The lowest BCUT2D eigenvalue weighted by molar-refractivity contribution is -0.149. The Kier molecular flexibility index (Phi) is 7.92. The number of unbranched alkanes of at least 4 members (excludes halogenated alkanes) is 3. The Hall–Kier alpha value is -1.88. The van der Waals surface area contributed by atoms with Gasteiger partial charge in [-0.25, -0.2) is 0 Å². The maximum Gasteiger partial charge on any atom is 0.324 e. The number of hydrogen-bond acceptors (Lipinski definition) is 5. The van der Waals surface area contributed by atoms with Gasteiger partial charge in [0.25, 0.3) is 0 Å². The molecule has 0 amide bonds. The van der Waals surface area contributed by atoms with E-state index in [1.165, 1.54) is 0 Å². The Morgan fingerprint density at radius 3 is 2.56 bits per heavy atom. The van der Waals surface area contributed by atoms with Crippen LogP contribution in [0, 0.1) is 0 Å². The summed E-state index contributed by atoms with van der Waals surface area (Å²) in [5.74, 6) is -0.497. The maximum atomic E-state index is 12.3. The summed E-state index contributed by atoms with van der Waals surface area (Å²) in [4.78, 5) is 26.4. The second kappa shape index (κ2) is 10.2. The largest absolute Gasteiger partial charge is 0.465 e. The molecule has 0 aliphatic carbocycles. The van der Waals surface area contributed by atoms with Gasteiger partial charge in [0.15, 0.2) is 0 Å². The first-order chi connectivity index (χ1) is 12.2. The second-order valence-corrected chi connectivity index (χ2v) is 6.40. The van der Waals surface area contributed by atoms with Crippen molar-refractivity contribution < 1.29 is 19.1 Å². The van der Waals surface area contributed by atoms with Crippen LogP contribution in [-0.4, -0.2) is 48.7 Å². The molecule has 25 heavy (non-hydrogen) atoms. The molecule has 1 aliphatic rings. The number of carbonyl (C=O) groups is 2. The fourth-order valence-electron chi connectivity index (χ4n) is 2.92. The van der Waals surface area contributed by atoms with E-state index < -0.39 is 6.04 Å². The lowest BCUT2D eigenvalue weighted by Gasteiger charge is -2.17. The Balaban J connectivity index is 1.86. The predicted octanol–water partition coefficient (Wildman–Crippen LogP) is 2.97. The first-order valence-corrected chi connectivity index (χ1v) is 9.30. The van der Waals surface area contributed by atoms with E-state index in [2.05, 4.69) is 6.92 Å². The summed E-state index contributed by atoms with van der Waals surface area (Å²) in [5, 5.41) is 0. The molecule has 0 radical (unpaired) electrons. The molecule has 0 saturated carbocycles. The molecule has 0 bridgehead atoms. The molecule has 1 aliphatic heterocycles. The number of rotatable bonds is 11. The summed E-state index contributed by atoms with van der Waals surface area (Å²) in [6.07, 6.45) is 4.84. The summed E-state index contributed by atoms with van der Waals surface area (Å²) in [7, 11) is 0. The van der Waals surface area contributed by atoms with Gasteiger partial charge in [-0.2, -0.15) is 0 Å². The molecule has 5 heteroatoms. The van der Waals surface area contributed by atoms with E-state index in [4.69, 9.17) is 9.47 Å². The summed E-state index contributed by atoms with van der Waals surface area (Å²) >= 11 is 0. The van der Waals surface area contributed by atoms with Crippen molar-refractivity contribution in [2.75, 3.05) is 19.8 Å². The number of esters is 2. The van der Waals surface area contributed by atoms with Crippen molar-refractivity contribution >= 4 is 11.9 Å². The summed E-state index contributed by atoms with van der Waals surface area (Å²) in [6, 6.07) is 9.06. The van der Waals surface area contributed by atoms with Crippen LogP contribution in [0.15, 0.2) is 30.3 Å². The first kappa shape index (κ1) is 19.4. The van der Waals surface area contributed by atoms with Gasteiger partial charge in [-0.15, -0.1) is 0 Å². The molecular formula is C20H29NO4. The summed E-state index contributed by atoms with van der Waals surface area (Å²) in [6.45, 7) is 5.30. The minimum atomic E-state index is -0.431. The van der Waals surface area contributed by atoms with Crippen molar-refractivity contribution in [1.82, 2.24) is 4.90 Å². The third-order valence-electron chi connectivity index (χ3n) is 4.40. The fraction of sp³-hybridized carbons (Fsp3) is 0.600. The highest BCUT2D eigenvalue weighted by Gasteiger charge is 2.48. The van der Waals surface area contributed by atoms with Gasteiger partial charge in [0.05, 0.1) is 13.2 Å². The van der Waals surface area contributed by atoms with Gasteiger partial charge in [-0.05, 0) is 25.3 Å². The molecule has 1 aromatic carbocycles. The Morgan fingerprint density at radius 1 is 1.12 bits per heavy atom. The first-order valence-electron chi connectivity index (χ1n) is 9.30. The normalized spacial score (nSPS) is 19.9. The summed E-state index contributed by atoms with van der Waals surface area (Å²) < 4.78 is 10.5. The smallest absolute Gasteiger partial charge is 0.324 e. The lowest BCUT2D eigenvalue weighted by Crippen LogP contribution is -2.36. The van der Waals surface area contributed by atoms with E-state index in [1.54, 1.807) is 6.92 Å². The molecular weight excluding hydrogens is 318 g/mol. The van der Waals surface area contributed by atoms with E-state index in [0.717, 1.165) is 31.2 Å². The van der Waals surface area contributed by atoms with Gasteiger partial charge in [-0.1, -0.05) is 56.5 Å². The zero-order valence-electron chi connectivity index (χ0n) is 15.3. The van der Waals surface area contributed by atoms with Gasteiger partial charge >= 0.3 is 11.9 Å². The van der Waals surface area contributed by atoms with E-state index in [0.29, 0.717) is 26.2 Å². The SMILES string of the molecule is CCCCCCOC(=O)[C@@H]1CN1[C@H](Cc1ccccc1)C(=O)OCC. The van der Waals surface area contributed by atoms with Crippen molar-refractivity contribution in [3.05, 3.63) is 35.9 Å². The average molecular weight is 347 g/mol. The van der Waals surface area contributed by atoms with Crippen LogP contribution in [0.25, 0.3) is 0 Å². The van der Waals surface area contributed by atoms with E-state index in [1.807, 2.05) is 35.2 Å². The van der Waals surface area contributed by atoms with Gasteiger partial charge in [-0.3, -0.25) is 14.5 Å². The molecule has 0 aromatic heterocycles. The number of benzene rings is 1. The zero-order chi connectivity index (χ0) is 18.1. The molecule has 1 aromatic rings. The van der Waals surface area contributed by atoms with Crippen molar-refractivity contribution in [3.8, 4) is 0 Å². The molecule has 1 saturated heterocycles. The highest BCUT2D eigenvalue weighted by atomic mass is 16.5. The number of carbonyl (C=O) groups excluding carboxylic acids is 2. The minimum absolute atomic E-state index is 0.223. The molecule has 1 fully saturated rings. The van der Waals surface area contributed by atoms with Crippen molar-refractivity contribution in [2.24, 2.45) is 0 Å². The van der Waals surface area contributed by atoms with Crippen LogP contribution in [0.3, 0.4) is 0 Å². The minimum Gasteiger partial charge on any atom is -0.465 e. The van der Waals surface area contributed by atoms with E-state index >= 15 is 0 Å². The fourth-order valence-corrected chi connectivity index (χ4v) is 2.92. The zero-order valence-corrected chi connectivity index (χ0v) is 15.3. The molecule has 138 valence electrons. The summed E-state index contributed by atoms with van der Waals surface area (Å²) in [5.41, 5.74) is 1.05. The van der Waals surface area contributed by atoms with Crippen LogP contribution in [0.4, 0.5) is 0 Å². The van der Waals surface area contributed by atoms with Crippen LogP contribution in [-0.2, 0) is 25.5 Å². The quantitative estimate of drug-likeness (QED) is 0.350. The van der Waals surface area contributed by atoms with Crippen LogP contribution in [0.5, 0.6) is 0 Å². The molecule has 0 N–H and O–H groups in total. The van der Waals surface area contributed by atoms with Crippen molar-refractivity contribution in [1.29, 1.82) is 0 Å². The molecule has 3 atom stereocenters. The molecule has 1 unspecified atom stereocenters. The maximum absolute atomic E-state index is 12.3. The van der Waals surface area contributed by atoms with Gasteiger partial charge in [0.1, 0.15) is 12.1 Å². The Bertz CT molecular complexity index is 546. The topological polar surface area (TPSA) is 55.6 Å². The van der Waals surface area contributed by atoms with Crippen molar-refractivity contribution in [3.63, 3.8) is 0 Å². The molecule has 1 heterocycles. The number of nitrogens with zero attached hydrogens (tertiary/aromatic N) is 1. The molecule has 0 spiro atoms. The highest BCUT2D eigenvalue weighted by molar-refractivity contribution is 5.83. The van der Waals surface area contributed by atoms with Gasteiger partial charge < -0.3 is 9.47 Å². The van der Waals surface area contributed by atoms with Crippen LogP contribution >= 0.6 is 0 Å². The standard InChI is InChI=1S/C20H29NO4/c1-3-5-6-10-13-25-20(23)18-15-21(18)17(19(22)24-4-2)14-16-11-8-7-9-12-16/h7-9,11-12,17-18H,3-6,10,13-15H2,1-2H3/t17-,18+,21?/m1/s1. The number of ether oxygens (including phenoxy) is 2. The lowest BCUT2D eigenvalue weighted by atomic mass is 10.1. The highest BCUT2D eigenvalue weighted by Crippen LogP contribution is 2.26. The predicted molar refractivity (Wildman–Crippen MR) is 96.2 cm³/mol. The van der Waals surface area contributed by atoms with Gasteiger partial charge in [0.2, 0.25) is 0 Å². The Morgan fingerprint density at radius 2 is 1.88 bits per heavy atom. The second-order valence-electron chi connectivity index (χ2n) is 6.40. The number of hydrogen-bond donors (Lipinski definition) is 0. The van der Waals surface area contributed by atoms with Crippen LogP contribution in [0.2, 0.25) is 0 Å². The average Bonchev–Trinajstić information content (AvgIpc) is 3.41. The van der Waals surface area contributed by atoms with E-state index in [9.17, 15) is 9.59 Å². The third-order valence-corrected chi connectivity index (χ3v) is 4.40. The molecule has 5 nitrogen and oxygen atoms in total. The molecule has 2 rings (SSSR count). The monoisotopic (exact) mass is 347 g/mol. The van der Waals surface area contributed by atoms with E-state index in [-0.39, 0.29) is 18.0 Å². The Labute approximate surface area is 150 Å². The van der Waals surface area contributed by atoms with Crippen LogP contribution in [0.1, 0.15) is 45.1 Å². The third kappa shape index (κ3) is 6.16.